The van der Waals surface area contributed by atoms with Crippen molar-refractivity contribution in [3.63, 3.8) is 0 Å². The molecule has 0 bridgehead atoms. The molecule has 0 unspecified atom stereocenters. The summed E-state index contributed by atoms with van der Waals surface area (Å²) in [5.41, 5.74) is 6.81. The Morgan fingerprint density at radius 1 is 0.377 bits per heavy atom. The van der Waals surface area contributed by atoms with Crippen LogP contribution >= 0.6 is 0 Å². The number of aromatic nitrogens is 7. The molecule has 1 aliphatic rings. The Morgan fingerprint density at radius 3 is 1.52 bits per heavy atom. The molecule has 0 radical (unpaired) electrons. The first-order valence-electron chi connectivity index (χ1n) is 20.6. The second-order valence-corrected chi connectivity index (χ2v) is 15.3. The lowest BCUT2D eigenvalue weighted by Gasteiger charge is -2.16. The minimum absolute atomic E-state index is 0.576. The van der Waals surface area contributed by atoms with Crippen molar-refractivity contribution in [2.24, 2.45) is 0 Å². The maximum Gasteiger partial charge on any atom is 0.238 e. The number of fused-ring (bicyclic) bond motifs is 10. The van der Waals surface area contributed by atoms with E-state index in [0.717, 1.165) is 94.8 Å². The molecule has 0 atom stereocenters. The molecule has 12 rings (SSSR count). The zero-order valence-electron chi connectivity index (χ0n) is 32.9. The van der Waals surface area contributed by atoms with E-state index >= 15 is 0 Å². The molecule has 11 aromatic rings. The number of nitrogens with zero attached hydrogens (tertiary/aromatic N) is 7. The number of hydrogen-bond donors (Lipinski definition) is 0. The smallest absolute Gasteiger partial charge is 0.238 e. The number of hydrogen-bond acceptors (Lipinski definition) is 6. The monoisotopic (exact) mass is 781 g/mol. The summed E-state index contributed by atoms with van der Waals surface area (Å²) in [6.07, 6.45) is 8.51. The molecular formula is C54H35N7. The zero-order chi connectivity index (χ0) is 40.3. The summed E-state index contributed by atoms with van der Waals surface area (Å²) in [7, 11) is 0. The van der Waals surface area contributed by atoms with E-state index in [1.54, 1.807) is 0 Å². The summed E-state index contributed by atoms with van der Waals surface area (Å²) in [5, 5.41) is 8.88. The van der Waals surface area contributed by atoms with Crippen LogP contribution in [0.15, 0.2) is 188 Å². The molecule has 0 saturated carbocycles. The average molecular weight is 782 g/mol. The fourth-order valence-corrected chi connectivity index (χ4v) is 8.94. The van der Waals surface area contributed by atoms with Crippen molar-refractivity contribution >= 4 is 59.7 Å². The lowest BCUT2D eigenvalue weighted by molar-refractivity contribution is 0.929. The number of rotatable bonds is 6. The molecule has 8 aromatic carbocycles. The van der Waals surface area contributed by atoms with Crippen LogP contribution in [0.5, 0.6) is 0 Å². The Kier molecular flexibility index (Phi) is 8.16. The van der Waals surface area contributed by atoms with E-state index in [9.17, 15) is 0 Å². The minimum atomic E-state index is 0.576. The van der Waals surface area contributed by atoms with Crippen molar-refractivity contribution in [1.29, 1.82) is 0 Å². The molecule has 0 saturated heterocycles. The van der Waals surface area contributed by atoms with Crippen LogP contribution in [0.25, 0.3) is 111 Å². The number of allylic oxidation sites excluding steroid dienone is 4. The van der Waals surface area contributed by atoms with E-state index in [4.69, 9.17) is 29.9 Å². The third kappa shape index (κ3) is 5.81. The number of para-hydroxylation sites is 1. The summed E-state index contributed by atoms with van der Waals surface area (Å²) in [4.78, 5) is 31.1. The van der Waals surface area contributed by atoms with Gasteiger partial charge >= 0.3 is 0 Å². The van der Waals surface area contributed by atoms with E-state index < -0.39 is 0 Å². The fourth-order valence-electron chi connectivity index (χ4n) is 8.94. The Labute approximate surface area is 351 Å². The molecule has 7 heteroatoms. The van der Waals surface area contributed by atoms with Crippen LogP contribution in [-0.2, 0) is 0 Å². The lowest BCUT2D eigenvalue weighted by atomic mass is 9.90. The summed E-state index contributed by atoms with van der Waals surface area (Å²) >= 11 is 0. The van der Waals surface area contributed by atoms with Gasteiger partial charge < -0.3 is 0 Å². The fraction of sp³-hybridized carbons (Fsp3) is 0.0370. The largest absolute Gasteiger partial charge is 0.277 e. The lowest BCUT2D eigenvalue weighted by Crippen LogP contribution is -2.08. The molecular weight excluding hydrogens is 747 g/mol. The number of benzene rings is 8. The molecule has 0 fully saturated rings. The summed E-state index contributed by atoms with van der Waals surface area (Å²) in [6, 6.07) is 58.7. The zero-order valence-corrected chi connectivity index (χ0v) is 32.9. The van der Waals surface area contributed by atoms with Crippen molar-refractivity contribution in [3.8, 4) is 51.5 Å². The van der Waals surface area contributed by atoms with Gasteiger partial charge in [0.25, 0.3) is 0 Å². The van der Waals surface area contributed by atoms with E-state index in [1.807, 2.05) is 78.9 Å². The summed E-state index contributed by atoms with van der Waals surface area (Å²) in [6.45, 7) is 0. The highest BCUT2D eigenvalue weighted by atomic mass is 15.2. The third-order valence-corrected chi connectivity index (χ3v) is 11.7. The predicted octanol–water partition coefficient (Wildman–Crippen LogP) is 13.0. The second kappa shape index (κ2) is 14.3. The first kappa shape index (κ1) is 34.8. The van der Waals surface area contributed by atoms with Crippen LogP contribution < -0.4 is 0 Å². The highest BCUT2D eigenvalue weighted by molar-refractivity contribution is 6.37. The SMILES string of the molecule is C1=CC(c2nc(-c3ccccc3)nc(-n3c4ccccc4c4c5c6ccccc6c(-c6nc(-c7ccccc7)nc(-c7ccccc7)n6)cc5c5ccccc5c43)n2)=CCC1. The van der Waals surface area contributed by atoms with Crippen LogP contribution in [0, 0.1) is 0 Å². The van der Waals surface area contributed by atoms with Gasteiger partial charge in [-0.3, -0.25) is 4.57 Å². The van der Waals surface area contributed by atoms with Crippen LogP contribution in [0.1, 0.15) is 18.7 Å². The molecule has 0 spiro atoms. The highest BCUT2D eigenvalue weighted by Gasteiger charge is 2.25. The second-order valence-electron chi connectivity index (χ2n) is 15.3. The molecule has 1 aliphatic carbocycles. The molecule has 3 aromatic heterocycles. The first-order valence-corrected chi connectivity index (χ1v) is 20.6. The molecule has 7 nitrogen and oxygen atoms in total. The Hall–Kier alpha value is -8.16. The predicted molar refractivity (Wildman–Crippen MR) is 248 cm³/mol. The maximum atomic E-state index is 5.29. The van der Waals surface area contributed by atoms with Gasteiger partial charge in [-0.15, -0.1) is 0 Å². The van der Waals surface area contributed by atoms with Crippen LogP contribution in [-0.4, -0.2) is 34.5 Å². The van der Waals surface area contributed by atoms with E-state index in [0.29, 0.717) is 35.1 Å². The maximum absolute atomic E-state index is 5.29. The minimum Gasteiger partial charge on any atom is -0.277 e. The van der Waals surface area contributed by atoms with Gasteiger partial charge in [0.2, 0.25) is 5.95 Å². The summed E-state index contributed by atoms with van der Waals surface area (Å²) < 4.78 is 2.25. The van der Waals surface area contributed by atoms with Crippen molar-refractivity contribution in [1.82, 2.24) is 34.5 Å². The van der Waals surface area contributed by atoms with Crippen LogP contribution in [0.4, 0.5) is 0 Å². The van der Waals surface area contributed by atoms with Gasteiger partial charge in [-0.25, -0.2) is 19.9 Å². The molecule has 61 heavy (non-hydrogen) atoms. The Morgan fingerprint density at radius 2 is 0.885 bits per heavy atom. The summed E-state index contributed by atoms with van der Waals surface area (Å²) in [5.74, 6) is 3.75. The van der Waals surface area contributed by atoms with Crippen molar-refractivity contribution in [2.75, 3.05) is 0 Å². The molecule has 0 aliphatic heterocycles. The van der Waals surface area contributed by atoms with Crippen molar-refractivity contribution in [2.45, 2.75) is 12.8 Å². The molecule has 0 amide bonds. The first-order chi connectivity index (χ1) is 30.3. The van der Waals surface area contributed by atoms with Gasteiger partial charge in [-0.2, -0.15) is 9.97 Å². The molecule has 0 N–H and O–H groups in total. The van der Waals surface area contributed by atoms with Crippen molar-refractivity contribution in [3.05, 3.63) is 194 Å². The van der Waals surface area contributed by atoms with E-state index in [1.165, 1.54) is 0 Å². The van der Waals surface area contributed by atoms with Crippen molar-refractivity contribution < 1.29 is 0 Å². The van der Waals surface area contributed by atoms with E-state index in [2.05, 4.69) is 114 Å². The molecule has 3 heterocycles. The van der Waals surface area contributed by atoms with Crippen LogP contribution in [0.3, 0.4) is 0 Å². The van der Waals surface area contributed by atoms with Gasteiger partial charge in [0.1, 0.15) is 0 Å². The van der Waals surface area contributed by atoms with Gasteiger partial charge in [0.05, 0.1) is 11.0 Å². The van der Waals surface area contributed by atoms with Crippen LogP contribution in [0.2, 0.25) is 0 Å². The highest BCUT2D eigenvalue weighted by Crippen LogP contribution is 2.46. The van der Waals surface area contributed by atoms with E-state index in [-0.39, 0.29) is 0 Å². The van der Waals surface area contributed by atoms with Gasteiger partial charge in [0.15, 0.2) is 29.1 Å². The third-order valence-electron chi connectivity index (χ3n) is 11.7. The van der Waals surface area contributed by atoms with Gasteiger partial charge in [-0.1, -0.05) is 176 Å². The average Bonchev–Trinajstić information content (AvgIpc) is 3.70. The topological polar surface area (TPSA) is 82.3 Å². The Bertz CT molecular complexity index is 3520. The quantitative estimate of drug-likeness (QED) is 0.156. The molecule has 286 valence electrons. The van der Waals surface area contributed by atoms with Gasteiger partial charge in [-0.05, 0) is 46.5 Å². The van der Waals surface area contributed by atoms with Gasteiger partial charge in [0, 0.05) is 49.4 Å². The standard InChI is InChI=1S/C54H35N7/c1-5-19-34(20-6-1)49-55-50(35-21-7-2-8-22-35)58-53(57-49)44-33-43-39-28-14-16-30-41(39)48-47(46(43)40-29-15-13-27-38(40)44)42-31-17-18-32-45(42)61(48)54-59-51(36-23-9-3-10-24-36)56-52(60-54)37-25-11-4-12-26-37/h1-3,5-11,13-33H,4,12H2. The normalized spacial score (nSPS) is 12.8. The Balaban J connectivity index is 1.20.